The summed E-state index contributed by atoms with van der Waals surface area (Å²) in [4.78, 5) is 15.5. The molecule has 3 atom stereocenters. The molecule has 0 bridgehead atoms. The lowest BCUT2D eigenvalue weighted by Gasteiger charge is -2.35. The van der Waals surface area contributed by atoms with E-state index in [1.807, 2.05) is 49.4 Å². The molecule has 202 valence electrons. The third kappa shape index (κ3) is 5.81. The van der Waals surface area contributed by atoms with Gasteiger partial charge in [-0.3, -0.25) is 4.79 Å². The maximum absolute atomic E-state index is 13.9. The van der Waals surface area contributed by atoms with E-state index in [9.17, 15) is 22.7 Å². The molecule has 0 aliphatic carbocycles. The van der Waals surface area contributed by atoms with Crippen LogP contribution in [-0.2, 0) is 21.4 Å². The van der Waals surface area contributed by atoms with Crippen LogP contribution >= 0.6 is 0 Å². The molecule has 4 rings (SSSR count). The number of hydrogen-bond donors (Lipinski definition) is 1. The van der Waals surface area contributed by atoms with Crippen LogP contribution in [0.1, 0.15) is 29.8 Å². The first-order chi connectivity index (χ1) is 18.1. The van der Waals surface area contributed by atoms with Crippen LogP contribution in [0.25, 0.3) is 11.1 Å². The highest BCUT2D eigenvalue weighted by atomic mass is 32.2. The van der Waals surface area contributed by atoms with Gasteiger partial charge in [-0.15, -0.1) is 0 Å². The number of ether oxygens (including phenoxy) is 1. The molecule has 0 saturated heterocycles. The first-order valence-electron chi connectivity index (χ1n) is 12.6. The molecule has 0 spiro atoms. The van der Waals surface area contributed by atoms with E-state index < -0.39 is 28.0 Å². The molecule has 1 aliphatic heterocycles. The van der Waals surface area contributed by atoms with Gasteiger partial charge in [-0.25, -0.2) is 12.8 Å². The zero-order valence-electron chi connectivity index (χ0n) is 21.7. The van der Waals surface area contributed by atoms with Crippen molar-refractivity contribution in [3.05, 3.63) is 89.7 Å². The summed E-state index contributed by atoms with van der Waals surface area (Å²) in [7, 11) is -2.45. The van der Waals surface area contributed by atoms with E-state index in [-0.39, 0.29) is 43.0 Å². The number of sulfonamides is 1. The molecule has 0 fully saturated rings. The lowest BCUT2D eigenvalue weighted by atomic mass is 9.94. The van der Waals surface area contributed by atoms with Crippen LogP contribution in [-0.4, -0.2) is 67.5 Å². The molecule has 0 saturated carbocycles. The number of fused-ring (bicyclic) bond motifs is 3. The lowest BCUT2D eigenvalue weighted by Crippen LogP contribution is -2.47. The van der Waals surface area contributed by atoms with Gasteiger partial charge in [0.15, 0.2) is 0 Å². The van der Waals surface area contributed by atoms with Crippen LogP contribution in [0.2, 0.25) is 0 Å². The summed E-state index contributed by atoms with van der Waals surface area (Å²) in [5.41, 5.74) is 3.03. The molecule has 1 amide bonds. The van der Waals surface area contributed by atoms with Gasteiger partial charge in [0.1, 0.15) is 5.82 Å². The molecular weight excluding hydrogens is 507 g/mol. The molecule has 38 heavy (non-hydrogen) atoms. The predicted molar refractivity (Wildman–Crippen MR) is 143 cm³/mol. The molecule has 1 N–H and O–H groups in total. The van der Waals surface area contributed by atoms with Gasteiger partial charge in [0, 0.05) is 31.6 Å². The SMILES string of the molecule is C[C@H](CO)N1C[C@H](C)[C@H](CN(C)S(=O)(=O)c2ccc(F)cc2)OCc2ccccc2-c2ccccc2C1=O. The van der Waals surface area contributed by atoms with Crippen molar-refractivity contribution < 1.29 is 27.4 Å². The Kier molecular flexibility index (Phi) is 8.62. The number of carbonyl (C=O) groups is 1. The number of halogens is 1. The van der Waals surface area contributed by atoms with Gasteiger partial charge in [0.2, 0.25) is 10.0 Å². The average molecular weight is 541 g/mol. The zero-order chi connectivity index (χ0) is 27.4. The maximum Gasteiger partial charge on any atom is 0.254 e. The quantitative estimate of drug-likeness (QED) is 0.507. The highest BCUT2D eigenvalue weighted by Gasteiger charge is 2.32. The first kappa shape index (κ1) is 27.9. The highest BCUT2D eigenvalue weighted by molar-refractivity contribution is 7.89. The van der Waals surface area contributed by atoms with E-state index >= 15 is 0 Å². The van der Waals surface area contributed by atoms with Crippen molar-refractivity contribution in [2.75, 3.05) is 26.7 Å². The number of rotatable bonds is 6. The fourth-order valence-electron chi connectivity index (χ4n) is 4.69. The summed E-state index contributed by atoms with van der Waals surface area (Å²) in [6.45, 7) is 3.95. The minimum absolute atomic E-state index is 0.0165. The maximum atomic E-state index is 13.9. The van der Waals surface area contributed by atoms with Gasteiger partial charge in [0.25, 0.3) is 5.91 Å². The van der Waals surface area contributed by atoms with Crippen LogP contribution in [0, 0.1) is 11.7 Å². The Morgan fingerprint density at radius 1 is 1.03 bits per heavy atom. The number of likely N-dealkylation sites (N-methyl/N-ethyl adjacent to an activating group) is 1. The van der Waals surface area contributed by atoms with Crippen molar-refractivity contribution in [2.45, 2.75) is 37.5 Å². The smallest absolute Gasteiger partial charge is 0.254 e. The van der Waals surface area contributed by atoms with E-state index in [4.69, 9.17) is 4.74 Å². The van der Waals surface area contributed by atoms with Crippen LogP contribution in [0.4, 0.5) is 4.39 Å². The number of aliphatic hydroxyl groups is 1. The summed E-state index contributed by atoms with van der Waals surface area (Å²) in [5.74, 6) is -1.01. The molecular formula is C29H33FN2O5S. The number of benzene rings is 3. The number of aliphatic hydroxyl groups excluding tert-OH is 1. The number of hydrogen-bond acceptors (Lipinski definition) is 5. The normalized spacial score (nSPS) is 19.4. The van der Waals surface area contributed by atoms with Crippen molar-refractivity contribution in [1.29, 1.82) is 0 Å². The van der Waals surface area contributed by atoms with E-state index in [1.165, 1.54) is 23.5 Å². The van der Waals surface area contributed by atoms with E-state index in [2.05, 4.69) is 0 Å². The highest BCUT2D eigenvalue weighted by Crippen LogP contribution is 2.31. The van der Waals surface area contributed by atoms with E-state index in [1.54, 1.807) is 17.9 Å². The van der Waals surface area contributed by atoms with Crippen molar-refractivity contribution in [1.82, 2.24) is 9.21 Å². The van der Waals surface area contributed by atoms with Gasteiger partial charge in [0.05, 0.1) is 30.3 Å². The molecule has 3 aromatic carbocycles. The third-order valence-corrected chi connectivity index (χ3v) is 8.89. The summed E-state index contributed by atoms with van der Waals surface area (Å²) >= 11 is 0. The molecule has 0 aromatic heterocycles. The minimum Gasteiger partial charge on any atom is -0.394 e. The van der Waals surface area contributed by atoms with Crippen molar-refractivity contribution in [2.24, 2.45) is 5.92 Å². The monoisotopic (exact) mass is 540 g/mol. The second kappa shape index (κ2) is 11.7. The summed E-state index contributed by atoms with van der Waals surface area (Å²) < 4.78 is 47.4. The molecule has 0 radical (unpaired) electrons. The number of nitrogens with zero attached hydrogens (tertiary/aromatic N) is 2. The molecule has 0 unspecified atom stereocenters. The Bertz CT molecular complexity index is 1380. The Morgan fingerprint density at radius 2 is 1.63 bits per heavy atom. The summed E-state index contributed by atoms with van der Waals surface area (Å²) in [6.07, 6.45) is -0.578. The van der Waals surface area contributed by atoms with Crippen molar-refractivity contribution >= 4 is 15.9 Å². The fourth-order valence-corrected chi connectivity index (χ4v) is 5.87. The fraction of sp³-hybridized carbons (Fsp3) is 0.345. The molecule has 9 heteroatoms. The van der Waals surface area contributed by atoms with E-state index in [0.29, 0.717) is 5.56 Å². The Hall–Kier alpha value is -3.11. The first-order valence-corrected chi connectivity index (χ1v) is 14.0. The largest absolute Gasteiger partial charge is 0.394 e. The van der Waals surface area contributed by atoms with Crippen LogP contribution in [0.5, 0.6) is 0 Å². The number of amides is 1. The standard InChI is InChI=1S/C29H33FN2O5S/c1-20-16-32(21(2)18-33)29(34)27-11-7-6-10-26(27)25-9-5-4-8-22(25)19-37-28(20)17-31(3)38(35,36)24-14-12-23(30)13-15-24/h4-15,20-21,28,33H,16-19H2,1-3H3/t20-,21+,28-/m0/s1. The van der Waals surface area contributed by atoms with Gasteiger partial charge >= 0.3 is 0 Å². The average Bonchev–Trinajstić information content (AvgIpc) is 2.94. The third-order valence-electron chi connectivity index (χ3n) is 7.05. The second-order valence-corrected chi connectivity index (χ2v) is 11.8. The van der Waals surface area contributed by atoms with Crippen molar-refractivity contribution in [3.63, 3.8) is 0 Å². The van der Waals surface area contributed by atoms with Gasteiger partial charge in [-0.2, -0.15) is 4.31 Å². The summed E-state index contributed by atoms with van der Waals surface area (Å²) in [5, 5.41) is 9.96. The van der Waals surface area contributed by atoms with E-state index in [0.717, 1.165) is 28.8 Å². The van der Waals surface area contributed by atoms with Crippen LogP contribution in [0.3, 0.4) is 0 Å². The van der Waals surface area contributed by atoms with Gasteiger partial charge in [-0.1, -0.05) is 49.4 Å². The molecule has 1 aliphatic rings. The molecule has 7 nitrogen and oxygen atoms in total. The van der Waals surface area contributed by atoms with Crippen LogP contribution in [0.15, 0.2) is 77.7 Å². The molecule has 1 heterocycles. The minimum atomic E-state index is -3.91. The van der Waals surface area contributed by atoms with Crippen molar-refractivity contribution in [3.8, 4) is 11.1 Å². The zero-order valence-corrected chi connectivity index (χ0v) is 22.6. The Labute approximate surface area is 223 Å². The second-order valence-electron chi connectivity index (χ2n) is 9.76. The Morgan fingerprint density at radius 3 is 2.29 bits per heavy atom. The summed E-state index contributed by atoms with van der Waals surface area (Å²) in [6, 6.07) is 19.3. The topological polar surface area (TPSA) is 87.2 Å². The predicted octanol–water partition coefficient (Wildman–Crippen LogP) is 4.17. The van der Waals surface area contributed by atoms with Crippen LogP contribution < -0.4 is 0 Å². The van der Waals surface area contributed by atoms with Gasteiger partial charge < -0.3 is 14.7 Å². The lowest BCUT2D eigenvalue weighted by molar-refractivity contribution is -0.0146. The number of carbonyl (C=O) groups excluding carboxylic acids is 1. The molecule has 3 aromatic rings. The Balaban J connectivity index is 1.73. The van der Waals surface area contributed by atoms with Gasteiger partial charge in [-0.05, 0) is 53.9 Å².